The molecule has 1 saturated heterocycles. The van der Waals surface area contributed by atoms with Crippen molar-refractivity contribution in [3.63, 3.8) is 0 Å². The van der Waals surface area contributed by atoms with E-state index in [0.29, 0.717) is 18.5 Å². The van der Waals surface area contributed by atoms with Gasteiger partial charge in [-0.1, -0.05) is 15.9 Å². The van der Waals surface area contributed by atoms with Gasteiger partial charge in [-0.2, -0.15) is 0 Å². The molecule has 0 radical (unpaired) electrons. The van der Waals surface area contributed by atoms with Crippen LogP contribution in [0.5, 0.6) is 0 Å². The molecule has 96 valence electrons. The van der Waals surface area contributed by atoms with Crippen molar-refractivity contribution in [2.24, 2.45) is 0 Å². The second-order valence-electron chi connectivity index (χ2n) is 5.05. The second kappa shape index (κ2) is 4.84. The van der Waals surface area contributed by atoms with E-state index in [2.05, 4.69) is 15.9 Å². The van der Waals surface area contributed by atoms with Gasteiger partial charge in [-0.15, -0.1) is 0 Å². The van der Waals surface area contributed by atoms with Crippen molar-refractivity contribution in [2.45, 2.75) is 32.2 Å². The Morgan fingerprint density at radius 3 is 2.50 bits per heavy atom. The minimum Gasteiger partial charge on any atom is -0.326 e. The summed E-state index contributed by atoms with van der Waals surface area (Å²) >= 11 is 3.34. The Hall–Kier alpha value is -1.16. The Bertz CT molecular complexity index is 479. The van der Waals surface area contributed by atoms with Crippen molar-refractivity contribution in [1.82, 2.24) is 4.90 Å². The molecule has 1 aliphatic rings. The first-order chi connectivity index (χ1) is 8.43. The van der Waals surface area contributed by atoms with Gasteiger partial charge in [0.2, 0.25) is 0 Å². The van der Waals surface area contributed by atoms with E-state index in [1.165, 1.54) is 0 Å². The number of rotatable bonds is 1. The van der Waals surface area contributed by atoms with Gasteiger partial charge >= 0.3 is 0 Å². The summed E-state index contributed by atoms with van der Waals surface area (Å²) in [6.07, 6.45) is 1.32. The van der Waals surface area contributed by atoms with Crippen LogP contribution in [0.3, 0.4) is 0 Å². The number of hydrogen-bond acceptors (Lipinski definition) is 2. The van der Waals surface area contributed by atoms with Gasteiger partial charge in [-0.3, -0.25) is 9.59 Å². The fraction of sp³-hybridized carbons (Fsp3) is 0.429. The third-order valence-corrected chi connectivity index (χ3v) is 4.01. The Kier molecular flexibility index (Phi) is 3.57. The number of Topliss-reactive ketones (excluding diaryl/α,β-unsaturated/α-hetero) is 1. The standard InChI is InChI=1S/C14H16BrNO2/c1-14(2)12(17)4-3-9-16(14)13(18)10-5-7-11(15)8-6-10/h5-8H,3-4,9H2,1-2H3. The lowest BCUT2D eigenvalue weighted by Crippen LogP contribution is -2.56. The molecule has 0 spiro atoms. The van der Waals surface area contributed by atoms with E-state index in [0.717, 1.165) is 10.9 Å². The molecule has 0 N–H and O–H groups in total. The third-order valence-electron chi connectivity index (χ3n) is 3.48. The molecule has 0 bridgehead atoms. The summed E-state index contributed by atoms with van der Waals surface area (Å²) in [6.45, 7) is 4.30. The maximum atomic E-state index is 12.4. The molecule has 1 fully saturated rings. The van der Waals surface area contributed by atoms with Crippen molar-refractivity contribution < 1.29 is 9.59 Å². The summed E-state index contributed by atoms with van der Waals surface area (Å²) in [5.74, 6) is 0.0692. The fourth-order valence-corrected chi connectivity index (χ4v) is 2.50. The topological polar surface area (TPSA) is 37.4 Å². The van der Waals surface area contributed by atoms with Crippen molar-refractivity contribution in [2.75, 3.05) is 6.54 Å². The molecule has 0 atom stereocenters. The SMILES string of the molecule is CC1(C)C(=O)CCCN1C(=O)c1ccc(Br)cc1. The molecule has 18 heavy (non-hydrogen) atoms. The van der Waals surface area contributed by atoms with E-state index in [4.69, 9.17) is 0 Å². The molecule has 0 saturated carbocycles. The highest BCUT2D eigenvalue weighted by atomic mass is 79.9. The van der Waals surface area contributed by atoms with E-state index in [1.54, 1.807) is 17.0 Å². The van der Waals surface area contributed by atoms with Crippen molar-refractivity contribution in [3.8, 4) is 0 Å². The zero-order valence-electron chi connectivity index (χ0n) is 10.6. The van der Waals surface area contributed by atoms with Crippen LogP contribution in [0.25, 0.3) is 0 Å². The van der Waals surface area contributed by atoms with E-state index in [-0.39, 0.29) is 11.7 Å². The molecule has 1 amide bonds. The predicted octanol–water partition coefficient (Wildman–Crippen LogP) is 3.03. The van der Waals surface area contributed by atoms with Crippen molar-refractivity contribution >= 4 is 27.6 Å². The van der Waals surface area contributed by atoms with Crippen LogP contribution in [0, 0.1) is 0 Å². The number of piperidine rings is 1. The molecule has 1 aromatic carbocycles. The molecule has 2 rings (SSSR count). The third kappa shape index (κ3) is 2.34. The van der Waals surface area contributed by atoms with Gasteiger partial charge in [-0.25, -0.2) is 0 Å². The molecule has 4 heteroatoms. The summed E-state index contributed by atoms with van der Waals surface area (Å²) in [5.41, 5.74) is -0.0662. The minimum atomic E-state index is -0.692. The van der Waals surface area contributed by atoms with Crippen LogP contribution in [0.15, 0.2) is 28.7 Å². The normalized spacial score (nSPS) is 18.8. The van der Waals surface area contributed by atoms with E-state index < -0.39 is 5.54 Å². The largest absolute Gasteiger partial charge is 0.326 e. The molecule has 1 aromatic rings. The van der Waals surface area contributed by atoms with Crippen LogP contribution in [0.4, 0.5) is 0 Å². The number of benzene rings is 1. The van der Waals surface area contributed by atoms with Crippen LogP contribution >= 0.6 is 15.9 Å². The van der Waals surface area contributed by atoms with E-state index in [1.807, 2.05) is 26.0 Å². The lowest BCUT2D eigenvalue weighted by molar-refractivity contribution is -0.130. The second-order valence-corrected chi connectivity index (χ2v) is 5.97. The number of carbonyl (C=O) groups excluding carboxylic acids is 2. The predicted molar refractivity (Wildman–Crippen MR) is 73.5 cm³/mol. The van der Waals surface area contributed by atoms with Crippen LogP contribution in [-0.4, -0.2) is 28.7 Å². The van der Waals surface area contributed by atoms with E-state index in [9.17, 15) is 9.59 Å². The Morgan fingerprint density at radius 1 is 1.28 bits per heavy atom. The first-order valence-electron chi connectivity index (χ1n) is 6.04. The number of amides is 1. The van der Waals surface area contributed by atoms with E-state index >= 15 is 0 Å². The van der Waals surface area contributed by atoms with Crippen LogP contribution in [0.2, 0.25) is 0 Å². The van der Waals surface area contributed by atoms with Crippen LogP contribution < -0.4 is 0 Å². The van der Waals surface area contributed by atoms with Crippen molar-refractivity contribution in [3.05, 3.63) is 34.3 Å². The molecule has 1 aliphatic heterocycles. The molecule has 3 nitrogen and oxygen atoms in total. The molecule has 0 aromatic heterocycles. The van der Waals surface area contributed by atoms with Crippen LogP contribution in [-0.2, 0) is 4.79 Å². The smallest absolute Gasteiger partial charge is 0.254 e. The van der Waals surface area contributed by atoms with Gasteiger partial charge in [0, 0.05) is 23.0 Å². The van der Waals surface area contributed by atoms with Gasteiger partial charge in [0.15, 0.2) is 5.78 Å². The summed E-state index contributed by atoms with van der Waals surface area (Å²) in [4.78, 5) is 26.0. The number of halogens is 1. The first-order valence-corrected chi connectivity index (χ1v) is 6.83. The highest BCUT2D eigenvalue weighted by Gasteiger charge is 2.40. The van der Waals surface area contributed by atoms with Crippen molar-refractivity contribution in [1.29, 1.82) is 0 Å². The molecule has 0 unspecified atom stereocenters. The maximum Gasteiger partial charge on any atom is 0.254 e. The number of nitrogens with zero attached hydrogens (tertiary/aromatic N) is 1. The maximum absolute atomic E-state index is 12.4. The molecular formula is C14H16BrNO2. The molecule has 0 aliphatic carbocycles. The quantitative estimate of drug-likeness (QED) is 0.799. The Morgan fingerprint density at radius 2 is 1.89 bits per heavy atom. The lowest BCUT2D eigenvalue weighted by atomic mass is 9.88. The van der Waals surface area contributed by atoms with Crippen LogP contribution in [0.1, 0.15) is 37.0 Å². The van der Waals surface area contributed by atoms with Gasteiger partial charge < -0.3 is 4.90 Å². The highest BCUT2D eigenvalue weighted by Crippen LogP contribution is 2.26. The molecule has 1 heterocycles. The van der Waals surface area contributed by atoms with Gasteiger partial charge in [-0.05, 0) is 44.5 Å². The van der Waals surface area contributed by atoms with Gasteiger partial charge in [0.05, 0.1) is 5.54 Å². The van der Waals surface area contributed by atoms with Gasteiger partial charge in [0.1, 0.15) is 0 Å². The summed E-state index contributed by atoms with van der Waals surface area (Å²) in [6, 6.07) is 7.24. The Labute approximate surface area is 115 Å². The average Bonchev–Trinajstić information content (AvgIpc) is 2.33. The number of hydrogen-bond donors (Lipinski definition) is 0. The number of carbonyl (C=O) groups is 2. The zero-order chi connectivity index (χ0) is 13.3. The fourth-order valence-electron chi connectivity index (χ4n) is 2.24. The lowest BCUT2D eigenvalue weighted by Gasteiger charge is -2.41. The molecular weight excluding hydrogens is 294 g/mol. The monoisotopic (exact) mass is 309 g/mol. The first kappa shape index (κ1) is 13.3. The number of ketones is 1. The number of likely N-dealkylation sites (tertiary alicyclic amines) is 1. The summed E-state index contributed by atoms with van der Waals surface area (Å²) < 4.78 is 0.938. The highest BCUT2D eigenvalue weighted by molar-refractivity contribution is 9.10. The summed E-state index contributed by atoms with van der Waals surface area (Å²) in [7, 11) is 0. The zero-order valence-corrected chi connectivity index (χ0v) is 12.2. The average molecular weight is 310 g/mol. The minimum absolute atomic E-state index is 0.0689. The summed E-state index contributed by atoms with van der Waals surface area (Å²) in [5, 5.41) is 0. The van der Waals surface area contributed by atoms with Gasteiger partial charge in [0.25, 0.3) is 5.91 Å². The Balaban J connectivity index is 2.28.